The van der Waals surface area contributed by atoms with Gasteiger partial charge in [-0.1, -0.05) is 11.6 Å². The van der Waals surface area contributed by atoms with Crippen molar-refractivity contribution in [1.82, 2.24) is 0 Å². The molecular formula is C25H19ClN2O2S. The Morgan fingerprint density at radius 1 is 1.10 bits per heavy atom. The molecule has 5 rings (SSSR count). The number of hydrogen-bond acceptors (Lipinski definition) is 5. The van der Waals surface area contributed by atoms with Crippen molar-refractivity contribution < 1.29 is 9.15 Å². The van der Waals surface area contributed by atoms with Crippen molar-refractivity contribution in [3.05, 3.63) is 74.9 Å². The van der Waals surface area contributed by atoms with E-state index in [0.29, 0.717) is 21.9 Å². The second-order valence-electron chi connectivity index (χ2n) is 7.48. The van der Waals surface area contributed by atoms with Gasteiger partial charge >= 0.3 is 0 Å². The largest absolute Gasteiger partial charge is 0.497 e. The third-order valence-electron chi connectivity index (χ3n) is 5.57. The highest BCUT2D eigenvalue weighted by Gasteiger charge is 2.20. The molecule has 4 nitrogen and oxygen atoms in total. The van der Waals surface area contributed by atoms with E-state index in [9.17, 15) is 5.26 Å². The van der Waals surface area contributed by atoms with Crippen molar-refractivity contribution in [2.45, 2.75) is 25.7 Å². The number of thiophene rings is 1. The molecule has 0 N–H and O–H groups in total. The number of aryl methyl sites for hydroxylation is 1. The Morgan fingerprint density at radius 3 is 2.68 bits per heavy atom. The summed E-state index contributed by atoms with van der Waals surface area (Å²) < 4.78 is 11.6. The molecule has 0 saturated heterocycles. The van der Waals surface area contributed by atoms with Crippen LogP contribution in [-0.2, 0) is 12.8 Å². The van der Waals surface area contributed by atoms with E-state index in [-0.39, 0.29) is 0 Å². The number of fused-ring (bicyclic) bond motifs is 2. The molecule has 0 spiro atoms. The summed E-state index contributed by atoms with van der Waals surface area (Å²) in [5.74, 6) is 1.41. The third-order valence-corrected chi connectivity index (χ3v) is 7.00. The Morgan fingerprint density at radius 2 is 1.90 bits per heavy atom. The molecule has 6 heteroatoms. The van der Waals surface area contributed by atoms with Crippen LogP contribution in [0.25, 0.3) is 22.3 Å². The van der Waals surface area contributed by atoms with Crippen LogP contribution in [0.2, 0.25) is 5.02 Å². The number of ether oxygens (including phenoxy) is 1. The molecule has 1 aliphatic carbocycles. The Balaban J connectivity index is 1.78. The Kier molecular flexibility index (Phi) is 5.27. The Bertz CT molecular complexity index is 1390. The number of hydrogen-bond donors (Lipinski definition) is 0. The van der Waals surface area contributed by atoms with Gasteiger partial charge in [0, 0.05) is 26.9 Å². The summed E-state index contributed by atoms with van der Waals surface area (Å²) in [5, 5.41) is 12.9. The minimum atomic E-state index is 0.669. The van der Waals surface area contributed by atoms with Gasteiger partial charge in [-0.05, 0) is 73.7 Å². The van der Waals surface area contributed by atoms with Gasteiger partial charge in [-0.3, -0.25) is 0 Å². The molecule has 0 atom stereocenters. The minimum absolute atomic E-state index is 0.669. The lowest BCUT2D eigenvalue weighted by atomic mass is 9.96. The highest BCUT2D eigenvalue weighted by Crippen LogP contribution is 2.39. The number of benzene rings is 2. The summed E-state index contributed by atoms with van der Waals surface area (Å²) in [6.45, 7) is 0. The summed E-state index contributed by atoms with van der Waals surface area (Å²) in [6.07, 6.45) is 4.28. The quantitative estimate of drug-likeness (QED) is 0.347. The zero-order valence-electron chi connectivity index (χ0n) is 16.9. The Labute approximate surface area is 189 Å². The number of nitrogens with zero attached hydrogens (tertiary/aromatic N) is 2. The maximum absolute atomic E-state index is 9.84. The van der Waals surface area contributed by atoms with Crippen LogP contribution < -0.4 is 10.1 Å². The van der Waals surface area contributed by atoms with E-state index in [1.54, 1.807) is 18.4 Å². The molecule has 0 aliphatic heterocycles. The standard InChI is InChI=1S/C25H19ClN2O2S/c1-29-17-10-11-22-19(12-17)21(13-23(30-22)15-6-8-16(26)9-7-15)28-25-20(14-27)18-4-2-3-5-24(18)31-25/h6-13H,2-5H2,1H3/b28-21+. The van der Waals surface area contributed by atoms with Crippen LogP contribution >= 0.6 is 22.9 Å². The van der Waals surface area contributed by atoms with Gasteiger partial charge in [0.15, 0.2) is 0 Å². The van der Waals surface area contributed by atoms with Gasteiger partial charge in [0.2, 0.25) is 0 Å². The molecule has 0 bridgehead atoms. The average molecular weight is 447 g/mol. The molecule has 2 aromatic carbocycles. The lowest BCUT2D eigenvalue weighted by Crippen LogP contribution is -2.03. The van der Waals surface area contributed by atoms with Crippen LogP contribution in [0, 0.1) is 11.3 Å². The number of rotatable bonds is 3. The fraction of sp³-hybridized carbons (Fsp3) is 0.200. The summed E-state index contributed by atoms with van der Waals surface area (Å²) in [5.41, 5.74) is 3.50. The first-order valence-corrected chi connectivity index (χ1v) is 11.3. The van der Waals surface area contributed by atoms with Crippen molar-refractivity contribution in [3.63, 3.8) is 0 Å². The van der Waals surface area contributed by atoms with Crippen LogP contribution in [0.5, 0.6) is 5.75 Å². The zero-order valence-corrected chi connectivity index (χ0v) is 18.5. The van der Waals surface area contributed by atoms with Gasteiger partial charge < -0.3 is 9.15 Å². The monoisotopic (exact) mass is 446 g/mol. The molecule has 1 aliphatic rings. The lowest BCUT2D eigenvalue weighted by Gasteiger charge is -2.09. The van der Waals surface area contributed by atoms with Gasteiger partial charge in [0.1, 0.15) is 28.2 Å². The molecule has 2 aromatic heterocycles. The first-order valence-electron chi connectivity index (χ1n) is 10.1. The van der Waals surface area contributed by atoms with Crippen LogP contribution in [0.4, 0.5) is 5.00 Å². The maximum Gasteiger partial charge on any atom is 0.137 e. The fourth-order valence-electron chi connectivity index (χ4n) is 3.98. The van der Waals surface area contributed by atoms with Gasteiger partial charge in [-0.25, -0.2) is 4.99 Å². The van der Waals surface area contributed by atoms with Crippen molar-refractivity contribution in [3.8, 4) is 23.1 Å². The van der Waals surface area contributed by atoms with Crippen LogP contribution in [0.15, 0.2) is 57.9 Å². The summed E-state index contributed by atoms with van der Waals surface area (Å²) in [6, 6.07) is 17.5. The van der Waals surface area contributed by atoms with E-state index in [2.05, 4.69) is 6.07 Å². The number of halogens is 1. The lowest BCUT2D eigenvalue weighted by molar-refractivity contribution is 0.415. The average Bonchev–Trinajstić information content (AvgIpc) is 3.16. The zero-order chi connectivity index (χ0) is 21.4. The van der Waals surface area contributed by atoms with Gasteiger partial charge in [0.05, 0.1) is 18.0 Å². The van der Waals surface area contributed by atoms with Gasteiger partial charge in [0.25, 0.3) is 0 Å². The maximum atomic E-state index is 9.84. The van der Waals surface area contributed by atoms with E-state index in [1.165, 1.54) is 16.9 Å². The van der Waals surface area contributed by atoms with E-state index in [4.69, 9.17) is 25.7 Å². The molecule has 0 radical (unpaired) electrons. The normalized spacial score (nSPS) is 13.8. The third kappa shape index (κ3) is 3.74. The smallest absolute Gasteiger partial charge is 0.137 e. The topological polar surface area (TPSA) is 58.5 Å². The van der Waals surface area contributed by atoms with Gasteiger partial charge in [-0.15, -0.1) is 11.3 Å². The SMILES string of the molecule is COc1ccc2oc(-c3ccc(Cl)cc3)c/c(=N\c3sc4c(c3C#N)CCCC4)c2c1. The number of methoxy groups -OCH3 is 1. The molecule has 2 heterocycles. The van der Waals surface area contributed by atoms with E-state index >= 15 is 0 Å². The molecular weight excluding hydrogens is 428 g/mol. The molecule has 4 aromatic rings. The highest BCUT2D eigenvalue weighted by molar-refractivity contribution is 7.16. The Hall–Kier alpha value is -3.07. The van der Waals surface area contributed by atoms with Crippen LogP contribution in [0.3, 0.4) is 0 Å². The highest BCUT2D eigenvalue weighted by atomic mass is 35.5. The number of nitriles is 1. The summed E-state index contributed by atoms with van der Waals surface area (Å²) in [7, 11) is 1.64. The first-order chi connectivity index (χ1) is 15.2. The van der Waals surface area contributed by atoms with Crippen molar-refractivity contribution in [1.29, 1.82) is 5.26 Å². The predicted molar refractivity (Wildman–Crippen MR) is 124 cm³/mol. The minimum Gasteiger partial charge on any atom is -0.497 e. The molecule has 154 valence electrons. The van der Waals surface area contributed by atoms with Crippen molar-refractivity contribution in [2.75, 3.05) is 7.11 Å². The second kappa shape index (κ2) is 8.22. The van der Waals surface area contributed by atoms with Crippen LogP contribution in [-0.4, -0.2) is 7.11 Å². The first kappa shape index (κ1) is 19.9. The fourth-order valence-corrected chi connectivity index (χ4v) is 5.33. The van der Waals surface area contributed by atoms with Crippen molar-refractivity contribution in [2.24, 2.45) is 4.99 Å². The second-order valence-corrected chi connectivity index (χ2v) is 9.00. The predicted octanol–water partition coefficient (Wildman–Crippen LogP) is 6.81. The van der Waals surface area contributed by atoms with Gasteiger partial charge in [-0.2, -0.15) is 5.26 Å². The van der Waals surface area contributed by atoms with E-state index in [1.807, 2.05) is 48.5 Å². The molecule has 0 amide bonds. The molecule has 0 fully saturated rings. The summed E-state index contributed by atoms with van der Waals surface area (Å²) >= 11 is 7.69. The molecule has 31 heavy (non-hydrogen) atoms. The van der Waals surface area contributed by atoms with E-state index in [0.717, 1.165) is 46.3 Å². The van der Waals surface area contributed by atoms with E-state index < -0.39 is 0 Å². The summed E-state index contributed by atoms with van der Waals surface area (Å²) in [4.78, 5) is 6.27. The molecule has 0 saturated carbocycles. The van der Waals surface area contributed by atoms with Crippen LogP contribution in [0.1, 0.15) is 28.8 Å². The molecule has 0 unspecified atom stereocenters. The van der Waals surface area contributed by atoms with Crippen molar-refractivity contribution >= 4 is 38.9 Å².